The third-order valence-corrected chi connectivity index (χ3v) is 5.40. The van der Waals surface area contributed by atoms with Gasteiger partial charge in [0, 0.05) is 24.7 Å². The van der Waals surface area contributed by atoms with E-state index in [0.717, 1.165) is 24.1 Å². The van der Waals surface area contributed by atoms with E-state index in [4.69, 9.17) is 0 Å². The number of nitrogens with zero attached hydrogens (tertiary/aromatic N) is 1. The van der Waals surface area contributed by atoms with Crippen molar-refractivity contribution in [2.24, 2.45) is 0 Å². The van der Waals surface area contributed by atoms with Gasteiger partial charge in [0.1, 0.15) is 0 Å². The highest BCUT2D eigenvalue weighted by molar-refractivity contribution is 7.89. The van der Waals surface area contributed by atoms with E-state index in [9.17, 15) is 13.2 Å². The molecule has 0 aliphatic carbocycles. The monoisotopic (exact) mass is 310 g/mol. The van der Waals surface area contributed by atoms with Crippen LogP contribution >= 0.6 is 0 Å². The van der Waals surface area contributed by atoms with Crippen molar-refractivity contribution in [3.8, 4) is 0 Å². The molecule has 0 spiro atoms. The zero-order valence-corrected chi connectivity index (χ0v) is 13.5. The molecule has 1 aromatic carbocycles. The Kier molecular flexibility index (Phi) is 4.68. The van der Waals surface area contributed by atoms with Crippen LogP contribution in [0.2, 0.25) is 0 Å². The number of hydrogen-bond acceptors (Lipinski definition) is 3. The quantitative estimate of drug-likeness (QED) is 0.906. The molecule has 0 radical (unpaired) electrons. The van der Waals surface area contributed by atoms with Gasteiger partial charge in [0.2, 0.25) is 15.9 Å². The van der Waals surface area contributed by atoms with Crippen molar-refractivity contribution in [1.82, 2.24) is 4.72 Å². The van der Waals surface area contributed by atoms with Gasteiger partial charge in [0.15, 0.2) is 0 Å². The normalized spacial score (nSPS) is 17.3. The van der Waals surface area contributed by atoms with Gasteiger partial charge in [-0.15, -0.1) is 0 Å². The predicted octanol–water partition coefficient (Wildman–Crippen LogP) is 2.20. The molecule has 0 bridgehead atoms. The van der Waals surface area contributed by atoms with E-state index in [-0.39, 0.29) is 16.8 Å². The first kappa shape index (κ1) is 16.0. The summed E-state index contributed by atoms with van der Waals surface area (Å²) in [5.74, 6) is 0.103. The molecule has 1 aliphatic heterocycles. The summed E-state index contributed by atoms with van der Waals surface area (Å²) in [6, 6.07) is 4.82. The van der Waals surface area contributed by atoms with Gasteiger partial charge in [0.25, 0.3) is 0 Å². The van der Waals surface area contributed by atoms with Crippen molar-refractivity contribution in [3.63, 3.8) is 0 Å². The van der Waals surface area contributed by atoms with Crippen LogP contribution in [0.15, 0.2) is 23.1 Å². The lowest BCUT2D eigenvalue weighted by Gasteiger charge is -2.19. The molecule has 2 rings (SSSR count). The van der Waals surface area contributed by atoms with Crippen LogP contribution in [-0.2, 0) is 14.8 Å². The molecular formula is C15H22N2O3S. The zero-order valence-electron chi connectivity index (χ0n) is 12.7. The molecule has 1 amide bonds. The maximum atomic E-state index is 12.3. The molecule has 116 valence electrons. The Hall–Kier alpha value is -1.40. The smallest absolute Gasteiger partial charge is 0.240 e. The number of carbonyl (C=O) groups is 1. The van der Waals surface area contributed by atoms with Gasteiger partial charge in [-0.3, -0.25) is 4.79 Å². The number of amides is 1. The molecule has 0 saturated carbocycles. The van der Waals surface area contributed by atoms with Crippen LogP contribution in [0, 0.1) is 6.92 Å². The number of rotatable bonds is 5. The van der Waals surface area contributed by atoms with Gasteiger partial charge in [-0.25, -0.2) is 13.1 Å². The molecule has 1 aromatic rings. The summed E-state index contributed by atoms with van der Waals surface area (Å²) >= 11 is 0. The first-order valence-corrected chi connectivity index (χ1v) is 8.77. The number of nitrogens with one attached hydrogen (secondary N) is 1. The molecule has 1 heterocycles. The minimum atomic E-state index is -3.50. The first-order chi connectivity index (χ1) is 9.85. The summed E-state index contributed by atoms with van der Waals surface area (Å²) in [6.07, 6.45) is 2.15. The highest BCUT2D eigenvalue weighted by Gasteiger charge is 2.24. The fourth-order valence-corrected chi connectivity index (χ4v) is 3.83. The third-order valence-electron chi connectivity index (χ3n) is 3.81. The fourth-order valence-electron chi connectivity index (χ4n) is 2.42. The van der Waals surface area contributed by atoms with Gasteiger partial charge in [0.05, 0.1) is 4.90 Å². The summed E-state index contributed by atoms with van der Waals surface area (Å²) in [4.78, 5) is 13.8. The van der Waals surface area contributed by atoms with E-state index in [2.05, 4.69) is 4.72 Å². The van der Waals surface area contributed by atoms with Crippen molar-refractivity contribution in [2.45, 2.75) is 51.0 Å². The maximum Gasteiger partial charge on any atom is 0.240 e. The van der Waals surface area contributed by atoms with E-state index in [1.807, 2.05) is 20.8 Å². The Morgan fingerprint density at radius 1 is 1.38 bits per heavy atom. The highest BCUT2D eigenvalue weighted by atomic mass is 32.2. The molecule has 0 aromatic heterocycles. The van der Waals surface area contributed by atoms with Crippen LogP contribution in [0.3, 0.4) is 0 Å². The van der Waals surface area contributed by atoms with Crippen LogP contribution in [0.4, 0.5) is 5.69 Å². The van der Waals surface area contributed by atoms with Crippen LogP contribution < -0.4 is 9.62 Å². The molecule has 1 fully saturated rings. The number of anilines is 1. The molecule has 1 atom stereocenters. The second-order valence-corrected chi connectivity index (χ2v) is 7.24. The largest absolute Gasteiger partial charge is 0.312 e. The molecule has 0 unspecified atom stereocenters. The van der Waals surface area contributed by atoms with E-state index in [0.29, 0.717) is 13.0 Å². The highest BCUT2D eigenvalue weighted by Crippen LogP contribution is 2.27. The van der Waals surface area contributed by atoms with Gasteiger partial charge in [-0.1, -0.05) is 6.92 Å². The maximum absolute atomic E-state index is 12.3. The van der Waals surface area contributed by atoms with Crippen LogP contribution in [0.1, 0.15) is 38.7 Å². The zero-order chi connectivity index (χ0) is 15.6. The van der Waals surface area contributed by atoms with Gasteiger partial charge >= 0.3 is 0 Å². The van der Waals surface area contributed by atoms with Crippen molar-refractivity contribution in [3.05, 3.63) is 23.8 Å². The fraction of sp³-hybridized carbons (Fsp3) is 0.533. The number of hydrogen-bond donors (Lipinski definition) is 1. The topological polar surface area (TPSA) is 66.5 Å². The van der Waals surface area contributed by atoms with Gasteiger partial charge in [-0.05, 0) is 50.5 Å². The second-order valence-electron chi connectivity index (χ2n) is 5.53. The standard InChI is InChI=1S/C15H22N2O3S/c1-4-12(3)16-21(19,20)13-7-8-14(11(2)10-13)17-9-5-6-15(17)18/h7-8,10,12,16H,4-6,9H2,1-3H3/t12-/m1/s1. The summed E-state index contributed by atoms with van der Waals surface area (Å²) in [6.45, 7) is 6.31. The molecule has 5 nitrogen and oxygen atoms in total. The Morgan fingerprint density at radius 3 is 2.62 bits per heavy atom. The average molecular weight is 310 g/mol. The van der Waals surface area contributed by atoms with Crippen LogP contribution in [-0.4, -0.2) is 26.9 Å². The first-order valence-electron chi connectivity index (χ1n) is 7.28. The summed E-state index contributed by atoms with van der Waals surface area (Å²) in [7, 11) is -3.50. The molecule has 6 heteroatoms. The minimum absolute atomic E-state index is 0.102. The number of aryl methyl sites for hydroxylation is 1. The van der Waals surface area contributed by atoms with Crippen LogP contribution in [0.25, 0.3) is 0 Å². The van der Waals surface area contributed by atoms with Crippen molar-refractivity contribution < 1.29 is 13.2 Å². The van der Waals surface area contributed by atoms with Gasteiger partial charge < -0.3 is 4.90 Å². The van der Waals surface area contributed by atoms with Crippen LogP contribution in [0.5, 0.6) is 0 Å². The Balaban J connectivity index is 2.29. The van der Waals surface area contributed by atoms with E-state index < -0.39 is 10.0 Å². The molecule has 1 N–H and O–H groups in total. The van der Waals surface area contributed by atoms with E-state index in [1.165, 1.54) is 0 Å². The number of carbonyl (C=O) groups excluding carboxylic acids is 1. The predicted molar refractivity (Wildman–Crippen MR) is 82.8 cm³/mol. The summed E-state index contributed by atoms with van der Waals surface area (Å²) in [5.41, 5.74) is 1.61. The summed E-state index contributed by atoms with van der Waals surface area (Å²) < 4.78 is 27.2. The SMILES string of the molecule is CC[C@@H](C)NS(=O)(=O)c1ccc(N2CCCC2=O)c(C)c1. The minimum Gasteiger partial charge on any atom is -0.312 e. The third kappa shape index (κ3) is 3.44. The Labute approximate surface area is 126 Å². The molecule has 1 aliphatic rings. The lowest BCUT2D eigenvalue weighted by atomic mass is 10.2. The number of benzene rings is 1. The lowest BCUT2D eigenvalue weighted by molar-refractivity contribution is -0.117. The lowest BCUT2D eigenvalue weighted by Crippen LogP contribution is -2.32. The van der Waals surface area contributed by atoms with E-state index in [1.54, 1.807) is 23.1 Å². The molecular weight excluding hydrogens is 288 g/mol. The van der Waals surface area contributed by atoms with Crippen molar-refractivity contribution >= 4 is 21.6 Å². The molecule has 1 saturated heterocycles. The Bertz CT molecular complexity index is 640. The second kappa shape index (κ2) is 6.15. The van der Waals surface area contributed by atoms with Crippen molar-refractivity contribution in [2.75, 3.05) is 11.4 Å². The molecule has 21 heavy (non-hydrogen) atoms. The summed E-state index contributed by atoms with van der Waals surface area (Å²) in [5, 5.41) is 0. The van der Waals surface area contributed by atoms with Crippen molar-refractivity contribution in [1.29, 1.82) is 0 Å². The van der Waals surface area contributed by atoms with Gasteiger partial charge in [-0.2, -0.15) is 0 Å². The average Bonchev–Trinajstić information content (AvgIpc) is 2.84. The van der Waals surface area contributed by atoms with E-state index >= 15 is 0 Å². The number of sulfonamides is 1. The Morgan fingerprint density at radius 2 is 2.10 bits per heavy atom.